The Morgan fingerprint density at radius 3 is 2.55 bits per heavy atom. The maximum Gasteiger partial charge on any atom is 0.212 e. The van der Waals surface area contributed by atoms with Crippen LogP contribution in [0.5, 0.6) is 5.75 Å². The van der Waals surface area contributed by atoms with Gasteiger partial charge in [-0.15, -0.1) is 0 Å². The molecule has 2 atom stereocenters. The summed E-state index contributed by atoms with van der Waals surface area (Å²) in [5.41, 5.74) is 1.17. The predicted octanol–water partition coefficient (Wildman–Crippen LogP) is 3.15. The van der Waals surface area contributed by atoms with E-state index < -0.39 is 10.0 Å². The molecule has 1 heterocycles. The third-order valence-corrected chi connectivity index (χ3v) is 9.02. The minimum atomic E-state index is -3.25. The summed E-state index contributed by atoms with van der Waals surface area (Å²) in [5, 5.41) is 3.48. The molecule has 1 aliphatic heterocycles. The topological polar surface area (TPSA) is 93.7 Å². The Morgan fingerprint density at radius 2 is 1.82 bits per heavy atom. The highest BCUT2D eigenvalue weighted by Gasteiger charge is 2.32. The van der Waals surface area contributed by atoms with Gasteiger partial charge in [0, 0.05) is 12.1 Å². The number of ether oxygens (including phenoxy) is 2. The van der Waals surface area contributed by atoms with Crippen molar-refractivity contribution in [2.75, 3.05) is 25.5 Å². The Bertz CT molecular complexity index is 865. The summed E-state index contributed by atoms with van der Waals surface area (Å²) in [6, 6.07) is 7.91. The lowest BCUT2D eigenvalue weighted by Crippen LogP contribution is -2.56. The molecular weight excluding hydrogens is 440 g/mol. The summed E-state index contributed by atoms with van der Waals surface area (Å²) in [6.07, 6.45) is 10.00. The minimum absolute atomic E-state index is 0.0186. The van der Waals surface area contributed by atoms with Crippen molar-refractivity contribution in [3.05, 3.63) is 29.8 Å². The molecule has 2 aliphatic carbocycles. The first-order valence-electron chi connectivity index (χ1n) is 12.5. The van der Waals surface area contributed by atoms with Crippen LogP contribution >= 0.6 is 0 Å². The number of carbonyl (C=O) groups is 1. The van der Waals surface area contributed by atoms with Gasteiger partial charge in [-0.25, -0.2) is 13.1 Å². The summed E-state index contributed by atoms with van der Waals surface area (Å²) in [5.74, 6) is 1.81. The van der Waals surface area contributed by atoms with Gasteiger partial charge in [0.05, 0.1) is 18.5 Å². The highest BCUT2D eigenvalue weighted by Crippen LogP contribution is 2.38. The molecule has 3 aliphatic rings. The Morgan fingerprint density at radius 1 is 1.03 bits per heavy atom. The largest absolute Gasteiger partial charge is 0.486 e. The molecule has 2 saturated carbocycles. The lowest BCUT2D eigenvalue weighted by Gasteiger charge is -2.36. The average Bonchev–Trinajstić information content (AvgIpc) is 2.80. The average molecular weight is 479 g/mol. The van der Waals surface area contributed by atoms with Crippen molar-refractivity contribution >= 4 is 16.3 Å². The standard InChI is InChI=1S/C25H38N2O5S/c28-15-16-31-25-9-2-1-7-22(25)20-10-12-21(13-11-20)32-17-24-23(8-4-14-26-24)27-33(29,30)18-19-5-3-6-19/h1-2,7,9,15,19-21,23-24,26-27H,3-6,8,10-14,16-18H2/t20-,21+,23-,24-/m0/s1. The van der Waals surface area contributed by atoms with E-state index in [0.717, 1.165) is 76.4 Å². The van der Waals surface area contributed by atoms with Gasteiger partial charge in [-0.05, 0) is 81.4 Å². The summed E-state index contributed by atoms with van der Waals surface area (Å²) in [7, 11) is -3.25. The number of sulfonamides is 1. The summed E-state index contributed by atoms with van der Waals surface area (Å²) < 4.78 is 40.1. The van der Waals surface area contributed by atoms with Gasteiger partial charge in [-0.2, -0.15) is 0 Å². The zero-order valence-electron chi connectivity index (χ0n) is 19.4. The Labute approximate surface area is 198 Å². The second-order valence-electron chi connectivity index (χ2n) is 9.83. The van der Waals surface area contributed by atoms with Gasteiger partial charge in [0.2, 0.25) is 10.0 Å². The smallest absolute Gasteiger partial charge is 0.212 e. The van der Waals surface area contributed by atoms with Crippen molar-refractivity contribution < 1.29 is 22.7 Å². The molecule has 8 heteroatoms. The summed E-state index contributed by atoms with van der Waals surface area (Å²) in [6.45, 7) is 1.51. The molecule has 0 amide bonds. The van der Waals surface area contributed by atoms with E-state index in [4.69, 9.17) is 9.47 Å². The first-order chi connectivity index (χ1) is 16.0. The third-order valence-electron chi connectivity index (χ3n) is 7.45. The number of carbonyl (C=O) groups excluding carboxylic acids is 1. The first-order valence-corrected chi connectivity index (χ1v) is 14.2. The summed E-state index contributed by atoms with van der Waals surface area (Å²) >= 11 is 0. The van der Waals surface area contributed by atoms with Crippen molar-refractivity contribution in [1.82, 2.24) is 10.0 Å². The molecule has 1 saturated heterocycles. The fraction of sp³-hybridized carbons (Fsp3) is 0.720. The molecule has 0 radical (unpaired) electrons. The molecule has 0 unspecified atom stereocenters. The Kier molecular flexibility index (Phi) is 8.79. The van der Waals surface area contributed by atoms with E-state index in [1.807, 2.05) is 18.2 Å². The maximum atomic E-state index is 12.6. The quantitative estimate of drug-likeness (QED) is 0.475. The van der Waals surface area contributed by atoms with E-state index in [0.29, 0.717) is 18.4 Å². The van der Waals surface area contributed by atoms with Crippen molar-refractivity contribution in [2.24, 2.45) is 5.92 Å². The van der Waals surface area contributed by atoms with E-state index in [2.05, 4.69) is 16.1 Å². The van der Waals surface area contributed by atoms with Crippen LogP contribution in [0.4, 0.5) is 0 Å². The fourth-order valence-electron chi connectivity index (χ4n) is 5.37. The molecule has 0 bridgehead atoms. The number of para-hydroxylation sites is 1. The van der Waals surface area contributed by atoms with Gasteiger partial charge in [0.25, 0.3) is 0 Å². The van der Waals surface area contributed by atoms with Gasteiger partial charge in [-0.3, -0.25) is 4.79 Å². The minimum Gasteiger partial charge on any atom is -0.486 e. The van der Waals surface area contributed by atoms with Gasteiger partial charge >= 0.3 is 0 Å². The fourth-order valence-corrected chi connectivity index (χ4v) is 7.16. The maximum absolute atomic E-state index is 12.6. The zero-order chi connectivity index (χ0) is 23.1. The molecule has 33 heavy (non-hydrogen) atoms. The predicted molar refractivity (Wildman–Crippen MR) is 128 cm³/mol. The van der Waals surface area contributed by atoms with Gasteiger partial charge in [-0.1, -0.05) is 24.6 Å². The van der Waals surface area contributed by atoms with Crippen molar-refractivity contribution in [1.29, 1.82) is 0 Å². The molecule has 0 spiro atoms. The molecule has 184 valence electrons. The zero-order valence-corrected chi connectivity index (χ0v) is 20.2. The first kappa shape index (κ1) is 24.6. The van der Waals surface area contributed by atoms with Crippen LogP contribution in [0.1, 0.15) is 69.3 Å². The van der Waals surface area contributed by atoms with E-state index in [-0.39, 0.29) is 30.5 Å². The molecule has 4 rings (SSSR count). The molecule has 7 nitrogen and oxygen atoms in total. The van der Waals surface area contributed by atoms with Crippen LogP contribution in [0.2, 0.25) is 0 Å². The number of hydrogen-bond donors (Lipinski definition) is 2. The second-order valence-corrected chi connectivity index (χ2v) is 11.6. The second kappa shape index (κ2) is 11.8. The van der Waals surface area contributed by atoms with Crippen molar-refractivity contribution in [2.45, 2.75) is 81.9 Å². The molecule has 3 fully saturated rings. The SMILES string of the molecule is O=CCOc1ccccc1[C@H]1CC[C@@H](OC[C@@H]2NCCC[C@@H]2NS(=O)(=O)CC2CCC2)CC1. The van der Waals surface area contributed by atoms with Crippen LogP contribution in [0.3, 0.4) is 0 Å². The van der Waals surface area contributed by atoms with Crippen molar-refractivity contribution in [3.63, 3.8) is 0 Å². The third kappa shape index (κ3) is 7.01. The molecule has 1 aromatic carbocycles. The number of nitrogens with one attached hydrogen (secondary N) is 2. The lowest BCUT2D eigenvalue weighted by atomic mass is 9.82. The Hall–Kier alpha value is -1.48. The van der Waals surface area contributed by atoms with Crippen LogP contribution in [0, 0.1) is 5.92 Å². The molecular formula is C25H38N2O5S. The van der Waals surface area contributed by atoms with Gasteiger partial charge in [0.1, 0.15) is 12.4 Å². The monoisotopic (exact) mass is 478 g/mol. The number of piperidine rings is 1. The van der Waals surface area contributed by atoms with Crippen LogP contribution in [-0.2, 0) is 19.6 Å². The van der Waals surface area contributed by atoms with Crippen LogP contribution in [0.15, 0.2) is 24.3 Å². The van der Waals surface area contributed by atoms with Gasteiger partial charge in [0.15, 0.2) is 6.29 Å². The van der Waals surface area contributed by atoms with E-state index >= 15 is 0 Å². The van der Waals surface area contributed by atoms with Crippen molar-refractivity contribution in [3.8, 4) is 5.75 Å². The highest BCUT2D eigenvalue weighted by atomic mass is 32.2. The molecule has 0 aromatic heterocycles. The highest BCUT2D eigenvalue weighted by molar-refractivity contribution is 7.89. The van der Waals surface area contributed by atoms with E-state index in [1.165, 1.54) is 5.56 Å². The van der Waals surface area contributed by atoms with E-state index in [9.17, 15) is 13.2 Å². The molecule has 2 N–H and O–H groups in total. The number of rotatable bonds is 11. The van der Waals surface area contributed by atoms with Crippen LogP contribution < -0.4 is 14.8 Å². The molecule has 1 aromatic rings. The number of hydrogen-bond acceptors (Lipinski definition) is 6. The normalized spacial score (nSPS) is 28.7. The van der Waals surface area contributed by atoms with E-state index in [1.54, 1.807) is 0 Å². The lowest BCUT2D eigenvalue weighted by molar-refractivity contribution is -0.109. The number of benzene rings is 1. The summed E-state index contributed by atoms with van der Waals surface area (Å²) in [4.78, 5) is 10.7. The van der Waals surface area contributed by atoms with Gasteiger partial charge < -0.3 is 14.8 Å². The number of aldehydes is 1. The van der Waals surface area contributed by atoms with Crippen LogP contribution in [0.25, 0.3) is 0 Å². The van der Waals surface area contributed by atoms with Crippen LogP contribution in [-0.4, -0.2) is 58.4 Å². The Balaban J connectivity index is 1.25.